The monoisotopic (exact) mass is 287 g/mol. The number of aliphatic carboxylic acids is 1. The third-order valence-corrected chi connectivity index (χ3v) is 3.20. The van der Waals surface area contributed by atoms with E-state index in [1.54, 1.807) is 12.1 Å². The van der Waals surface area contributed by atoms with Crippen molar-refractivity contribution in [2.75, 3.05) is 13.1 Å². The smallest absolute Gasteiger partial charge is 0.309 e. The lowest BCUT2D eigenvalue weighted by Crippen LogP contribution is -2.49. The highest BCUT2D eigenvalue weighted by molar-refractivity contribution is 9.10. The summed E-state index contributed by atoms with van der Waals surface area (Å²) in [6, 6.07) is 4.78. The molecule has 0 spiro atoms. The maximum absolute atomic E-state index is 13.4. The molecule has 0 bridgehead atoms. The van der Waals surface area contributed by atoms with Gasteiger partial charge in [-0.3, -0.25) is 9.69 Å². The molecule has 2 rings (SSSR count). The predicted octanol–water partition coefficient (Wildman–Crippen LogP) is 2.10. The van der Waals surface area contributed by atoms with Gasteiger partial charge in [0.15, 0.2) is 0 Å². The fourth-order valence-electron chi connectivity index (χ4n) is 1.76. The van der Waals surface area contributed by atoms with E-state index in [1.165, 1.54) is 6.07 Å². The third-order valence-electron chi connectivity index (χ3n) is 2.71. The van der Waals surface area contributed by atoms with Crippen LogP contribution >= 0.6 is 15.9 Å². The normalized spacial score (nSPS) is 17.1. The van der Waals surface area contributed by atoms with Gasteiger partial charge in [0.25, 0.3) is 0 Å². The third kappa shape index (κ3) is 2.41. The molecule has 1 aliphatic rings. The van der Waals surface area contributed by atoms with E-state index in [0.29, 0.717) is 25.2 Å². The van der Waals surface area contributed by atoms with Crippen molar-refractivity contribution in [2.45, 2.75) is 6.54 Å². The van der Waals surface area contributed by atoms with Crippen LogP contribution in [0.3, 0.4) is 0 Å². The number of hydrogen-bond donors (Lipinski definition) is 1. The Kier molecular flexibility index (Phi) is 3.25. The second kappa shape index (κ2) is 4.51. The average molecular weight is 288 g/mol. The predicted molar refractivity (Wildman–Crippen MR) is 60.5 cm³/mol. The Morgan fingerprint density at radius 1 is 1.56 bits per heavy atom. The molecule has 0 aromatic heterocycles. The molecular weight excluding hydrogens is 277 g/mol. The maximum atomic E-state index is 13.4. The van der Waals surface area contributed by atoms with Crippen LogP contribution in [0.4, 0.5) is 4.39 Å². The molecule has 3 nitrogen and oxygen atoms in total. The zero-order chi connectivity index (χ0) is 11.7. The molecule has 1 heterocycles. The molecule has 1 aromatic carbocycles. The molecule has 5 heteroatoms. The Bertz CT molecular complexity index is 418. The number of nitrogens with zero attached hydrogens (tertiary/aromatic N) is 1. The summed E-state index contributed by atoms with van der Waals surface area (Å²) in [6.45, 7) is 1.47. The minimum absolute atomic E-state index is 0.248. The molecule has 0 radical (unpaired) electrons. The fourth-order valence-corrected chi connectivity index (χ4v) is 2.17. The molecule has 0 amide bonds. The van der Waals surface area contributed by atoms with Crippen LogP contribution in [0.25, 0.3) is 0 Å². The first-order valence-corrected chi connectivity index (χ1v) is 5.74. The van der Waals surface area contributed by atoms with Gasteiger partial charge in [-0.2, -0.15) is 0 Å². The van der Waals surface area contributed by atoms with Crippen LogP contribution in [-0.2, 0) is 11.3 Å². The first-order valence-electron chi connectivity index (χ1n) is 4.95. The summed E-state index contributed by atoms with van der Waals surface area (Å²) in [7, 11) is 0. The van der Waals surface area contributed by atoms with Crippen molar-refractivity contribution in [3.63, 3.8) is 0 Å². The summed E-state index contributed by atoms with van der Waals surface area (Å²) < 4.78 is 14.2. The second-order valence-corrected chi connectivity index (χ2v) is 4.88. The molecule has 0 unspecified atom stereocenters. The number of benzene rings is 1. The number of carboxylic acids is 1. The minimum atomic E-state index is -0.772. The first-order chi connectivity index (χ1) is 7.56. The SMILES string of the molecule is O=C(O)C1CN(Cc2cc(Br)ccc2F)C1. The number of carbonyl (C=O) groups is 1. The lowest BCUT2D eigenvalue weighted by atomic mass is 9.99. The highest BCUT2D eigenvalue weighted by atomic mass is 79.9. The highest BCUT2D eigenvalue weighted by Gasteiger charge is 2.32. The van der Waals surface area contributed by atoms with Crippen LogP contribution in [0, 0.1) is 11.7 Å². The van der Waals surface area contributed by atoms with Crippen molar-refractivity contribution < 1.29 is 14.3 Å². The molecule has 0 atom stereocenters. The lowest BCUT2D eigenvalue weighted by Gasteiger charge is -2.36. The van der Waals surface area contributed by atoms with E-state index >= 15 is 0 Å². The van der Waals surface area contributed by atoms with Crippen LogP contribution in [0.1, 0.15) is 5.56 Å². The standard InChI is InChI=1S/C11H11BrFNO2/c12-9-1-2-10(13)7(3-9)4-14-5-8(6-14)11(15)16/h1-3,8H,4-6H2,(H,15,16). The van der Waals surface area contributed by atoms with Crippen molar-refractivity contribution in [3.05, 3.63) is 34.1 Å². The van der Waals surface area contributed by atoms with Crippen LogP contribution in [0.5, 0.6) is 0 Å². The molecule has 1 N–H and O–H groups in total. The molecule has 0 aliphatic carbocycles. The molecule has 0 saturated carbocycles. The number of carboxylic acid groups (broad SMARTS) is 1. The Morgan fingerprint density at radius 2 is 2.25 bits per heavy atom. The van der Waals surface area contributed by atoms with Gasteiger partial charge in [-0.25, -0.2) is 4.39 Å². The van der Waals surface area contributed by atoms with Gasteiger partial charge >= 0.3 is 5.97 Å². The van der Waals surface area contributed by atoms with Crippen LogP contribution in [0.15, 0.2) is 22.7 Å². The van der Waals surface area contributed by atoms with Gasteiger partial charge in [0, 0.05) is 29.7 Å². The zero-order valence-electron chi connectivity index (χ0n) is 8.49. The first kappa shape index (κ1) is 11.5. The summed E-state index contributed by atoms with van der Waals surface area (Å²) in [5.41, 5.74) is 0.596. The summed E-state index contributed by atoms with van der Waals surface area (Å²) in [5.74, 6) is -1.32. The van der Waals surface area contributed by atoms with Crippen molar-refractivity contribution >= 4 is 21.9 Å². The summed E-state index contributed by atoms with van der Waals surface area (Å²) >= 11 is 3.28. The van der Waals surface area contributed by atoms with Crippen molar-refractivity contribution in [1.82, 2.24) is 4.90 Å². The van der Waals surface area contributed by atoms with Gasteiger partial charge in [-0.1, -0.05) is 15.9 Å². The van der Waals surface area contributed by atoms with E-state index in [1.807, 2.05) is 4.90 Å². The van der Waals surface area contributed by atoms with Gasteiger partial charge in [-0.15, -0.1) is 0 Å². The quantitative estimate of drug-likeness (QED) is 0.926. The molecule has 86 valence electrons. The summed E-state index contributed by atoms with van der Waals surface area (Å²) in [4.78, 5) is 12.5. The van der Waals surface area contributed by atoms with Gasteiger partial charge in [0.2, 0.25) is 0 Å². The van der Waals surface area contributed by atoms with Gasteiger partial charge < -0.3 is 5.11 Å². The Morgan fingerprint density at radius 3 is 2.88 bits per heavy atom. The van der Waals surface area contributed by atoms with Crippen molar-refractivity contribution in [1.29, 1.82) is 0 Å². The van der Waals surface area contributed by atoms with Crippen LogP contribution in [0.2, 0.25) is 0 Å². The summed E-state index contributed by atoms with van der Waals surface area (Å²) in [6.07, 6.45) is 0. The Hall–Kier alpha value is -0.940. The van der Waals surface area contributed by atoms with Crippen molar-refractivity contribution in [3.8, 4) is 0 Å². The van der Waals surface area contributed by atoms with E-state index < -0.39 is 5.97 Å². The molecule has 1 aliphatic heterocycles. The summed E-state index contributed by atoms with van der Waals surface area (Å²) in [5, 5.41) is 8.71. The topological polar surface area (TPSA) is 40.5 Å². The Balaban J connectivity index is 1.96. The molecular formula is C11H11BrFNO2. The molecule has 1 saturated heterocycles. The van der Waals surface area contributed by atoms with E-state index in [0.717, 1.165) is 4.47 Å². The van der Waals surface area contributed by atoms with E-state index in [9.17, 15) is 9.18 Å². The van der Waals surface area contributed by atoms with Crippen LogP contribution < -0.4 is 0 Å². The zero-order valence-corrected chi connectivity index (χ0v) is 10.1. The van der Waals surface area contributed by atoms with Crippen LogP contribution in [-0.4, -0.2) is 29.1 Å². The van der Waals surface area contributed by atoms with E-state index in [4.69, 9.17) is 5.11 Å². The van der Waals surface area contributed by atoms with Gasteiger partial charge in [-0.05, 0) is 18.2 Å². The molecule has 1 fully saturated rings. The highest BCUT2D eigenvalue weighted by Crippen LogP contribution is 2.22. The van der Waals surface area contributed by atoms with Gasteiger partial charge in [0.05, 0.1) is 5.92 Å². The number of rotatable bonds is 3. The fraction of sp³-hybridized carbons (Fsp3) is 0.364. The number of hydrogen-bond acceptors (Lipinski definition) is 2. The number of halogens is 2. The van der Waals surface area contributed by atoms with E-state index in [2.05, 4.69) is 15.9 Å². The lowest BCUT2D eigenvalue weighted by molar-refractivity contribution is -0.147. The average Bonchev–Trinajstić information content (AvgIpc) is 2.15. The Labute approximate surface area is 101 Å². The molecule has 16 heavy (non-hydrogen) atoms. The minimum Gasteiger partial charge on any atom is -0.481 e. The van der Waals surface area contributed by atoms with E-state index in [-0.39, 0.29) is 11.7 Å². The maximum Gasteiger partial charge on any atom is 0.309 e. The largest absolute Gasteiger partial charge is 0.481 e. The number of likely N-dealkylation sites (tertiary alicyclic amines) is 1. The van der Waals surface area contributed by atoms with Crippen molar-refractivity contribution in [2.24, 2.45) is 5.92 Å². The van der Waals surface area contributed by atoms with Gasteiger partial charge in [0.1, 0.15) is 5.82 Å². The second-order valence-electron chi connectivity index (χ2n) is 3.96. The molecule has 1 aromatic rings.